The summed E-state index contributed by atoms with van der Waals surface area (Å²) in [5.41, 5.74) is 5.80. The monoisotopic (exact) mass is 216 g/mol. The van der Waals surface area contributed by atoms with Crippen LogP contribution < -0.4 is 5.73 Å². The molecule has 0 saturated heterocycles. The quantitative estimate of drug-likeness (QED) is 0.669. The van der Waals surface area contributed by atoms with Gasteiger partial charge in [0, 0.05) is 6.54 Å². The maximum Gasteiger partial charge on any atom is 0.322 e. The Hall–Kier alpha value is -0.610. The number of hydrogen-bond donors (Lipinski definition) is 1. The lowest BCUT2D eigenvalue weighted by Gasteiger charge is -2.30. The van der Waals surface area contributed by atoms with E-state index in [1.807, 2.05) is 14.1 Å². The molecule has 4 heteroatoms. The molecule has 15 heavy (non-hydrogen) atoms. The highest BCUT2D eigenvalue weighted by Gasteiger charge is 2.26. The van der Waals surface area contributed by atoms with Crippen molar-refractivity contribution in [3.63, 3.8) is 0 Å². The molecular weight excluding hydrogens is 192 g/mol. The molecule has 90 valence electrons. The lowest BCUT2D eigenvalue weighted by molar-refractivity contribution is -0.145. The number of hydrogen-bond acceptors (Lipinski definition) is 4. The molecule has 0 aromatic carbocycles. The van der Waals surface area contributed by atoms with Crippen molar-refractivity contribution < 1.29 is 9.53 Å². The lowest BCUT2D eigenvalue weighted by atomic mass is 9.85. The van der Waals surface area contributed by atoms with Gasteiger partial charge in [0.15, 0.2) is 0 Å². The summed E-state index contributed by atoms with van der Waals surface area (Å²) >= 11 is 0. The van der Waals surface area contributed by atoms with Gasteiger partial charge in [-0.25, -0.2) is 0 Å². The van der Waals surface area contributed by atoms with Gasteiger partial charge in [0.25, 0.3) is 0 Å². The van der Waals surface area contributed by atoms with E-state index in [2.05, 4.69) is 18.7 Å². The minimum atomic E-state index is -0.514. The van der Waals surface area contributed by atoms with E-state index in [0.29, 0.717) is 13.0 Å². The lowest BCUT2D eigenvalue weighted by Crippen LogP contribution is -2.40. The summed E-state index contributed by atoms with van der Waals surface area (Å²) in [4.78, 5) is 13.4. The highest BCUT2D eigenvalue weighted by Crippen LogP contribution is 2.22. The number of ether oxygens (including phenoxy) is 1. The molecule has 0 aliphatic rings. The standard InChI is InChI=1S/C11H24N2O2/c1-6-15-10(14)9(12)7-11(2,3)8-13(4)5/h9H,6-8,12H2,1-5H3. The number of nitrogens with two attached hydrogens (primary N) is 1. The van der Waals surface area contributed by atoms with Gasteiger partial charge in [-0.15, -0.1) is 0 Å². The van der Waals surface area contributed by atoms with Crippen molar-refractivity contribution in [3.05, 3.63) is 0 Å². The first-order valence-electron chi connectivity index (χ1n) is 5.35. The van der Waals surface area contributed by atoms with Crippen LogP contribution in [0.4, 0.5) is 0 Å². The van der Waals surface area contributed by atoms with Crippen LogP contribution in [0.1, 0.15) is 27.2 Å². The zero-order valence-electron chi connectivity index (χ0n) is 10.5. The van der Waals surface area contributed by atoms with Gasteiger partial charge >= 0.3 is 5.97 Å². The predicted molar refractivity (Wildman–Crippen MR) is 61.6 cm³/mol. The molecule has 0 heterocycles. The Bertz CT molecular complexity index is 203. The van der Waals surface area contributed by atoms with Crippen LogP contribution in [0.2, 0.25) is 0 Å². The van der Waals surface area contributed by atoms with Crippen LogP contribution in [-0.4, -0.2) is 44.2 Å². The summed E-state index contributed by atoms with van der Waals surface area (Å²) in [5.74, 6) is -0.302. The second kappa shape index (κ2) is 6.08. The van der Waals surface area contributed by atoms with E-state index in [0.717, 1.165) is 6.54 Å². The molecule has 0 radical (unpaired) electrons. The van der Waals surface area contributed by atoms with Gasteiger partial charge in [-0.05, 0) is 32.9 Å². The Kier molecular flexibility index (Phi) is 5.83. The minimum Gasteiger partial charge on any atom is -0.465 e. The molecule has 0 spiro atoms. The van der Waals surface area contributed by atoms with Crippen LogP contribution >= 0.6 is 0 Å². The maximum atomic E-state index is 11.3. The second-order valence-corrected chi connectivity index (χ2v) is 4.96. The van der Waals surface area contributed by atoms with Crippen LogP contribution in [0.3, 0.4) is 0 Å². The number of carbonyl (C=O) groups is 1. The Labute approximate surface area is 92.8 Å². The second-order valence-electron chi connectivity index (χ2n) is 4.96. The largest absolute Gasteiger partial charge is 0.465 e. The summed E-state index contributed by atoms with van der Waals surface area (Å²) in [6.45, 7) is 7.29. The van der Waals surface area contributed by atoms with E-state index in [4.69, 9.17) is 10.5 Å². The van der Waals surface area contributed by atoms with E-state index in [-0.39, 0.29) is 11.4 Å². The highest BCUT2D eigenvalue weighted by atomic mass is 16.5. The molecule has 1 unspecified atom stereocenters. The predicted octanol–water partition coefficient (Wildman–Crippen LogP) is 0.855. The summed E-state index contributed by atoms with van der Waals surface area (Å²) in [6, 6.07) is -0.514. The minimum absolute atomic E-state index is 0.0235. The van der Waals surface area contributed by atoms with Gasteiger partial charge in [-0.2, -0.15) is 0 Å². The number of nitrogens with zero attached hydrogens (tertiary/aromatic N) is 1. The van der Waals surface area contributed by atoms with Crippen molar-refractivity contribution in [2.24, 2.45) is 11.1 Å². The number of esters is 1. The van der Waals surface area contributed by atoms with E-state index in [1.54, 1.807) is 6.92 Å². The van der Waals surface area contributed by atoms with Crippen LogP contribution in [-0.2, 0) is 9.53 Å². The zero-order valence-corrected chi connectivity index (χ0v) is 10.5. The Morgan fingerprint density at radius 2 is 2.00 bits per heavy atom. The SMILES string of the molecule is CCOC(=O)C(N)CC(C)(C)CN(C)C. The first-order valence-corrected chi connectivity index (χ1v) is 5.35. The van der Waals surface area contributed by atoms with Gasteiger partial charge in [0.1, 0.15) is 6.04 Å². The fourth-order valence-electron chi connectivity index (χ4n) is 1.85. The first kappa shape index (κ1) is 14.4. The summed E-state index contributed by atoms with van der Waals surface area (Å²) in [6.07, 6.45) is 0.643. The molecule has 0 aliphatic heterocycles. The topological polar surface area (TPSA) is 55.6 Å². The van der Waals surface area contributed by atoms with Gasteiger partial charge in [-0.1, -0.05) is 13.8 Å². The summed E-state index contributed by atoms with van der Waals surface area (Å²) < 4.78 is 4.88. The summed E-state index contributed by atoms with van der Waals surface area (Å²) in [5, 5.41) is 0. The molecule has 0 fully saturated rings. The van der Waals surface area contributed by atoms with Crippen molar-refractivity contribution in [3.8, 4) is 0 Å². The molecule has 0 aromatic rings. The first-order chi connectivity index (χ1) is 6.78. The van der Waals surface area contributed by atoms with Crippen molar-refractivity contribution in [1.82, 2.24) is 4.90 Å². The van der Waals surface area contributed by atoms with Gasteiger partial charge in [-0.3, -0.25) is 4.79 Å². The van der Waals surface area contributed by atoms with E-state index in [9.17, 15) is 4.79 Å². The van der Waals surface area contributed by atoms with Crippen LogP contribution in [0.25, 0.3) is 0 Å². The fraction of sp³-hybridized carbons (Fsp3) is 0.909. The molecule has 0 saturated carbocycles. The highest BCUT2D eigenvalue weighted by molar-refractivity contribution is 5.75. The molecule has 0 bridgehead atoms. The average molecular weight is 216 g/mol. The maximum absolute atomic E-state index is 11.3. The van der Waals surface area contributed by atoms with E-state index in [1.165, 1.54) is 0 Å². The zero-order chi connectivity index (χ0) is 12.1. The molecular formula is C11H24N2O2. The molecule has 0 aliphatic carbocycles. The van der Waals surface area contributed by atoms with Gasteiger partial charge < -0.3 is 15.4 Å². The van der Waals surface area contributed by atoms with E-state index < -0.39 is 6.04 Å². The van der Waals surface area contributed by atoms with Crippen LogP contribution in [0.15, 0.2) is 0 Å². The van der Waals surface area contributed by atoms with Gasteiger partial charge in [0.05, 0.1) is 6.61 Å². The van der Waals surface area contributed by atoms with Crippen molar-refractivity contribution in [2.75, 3.05) is 27.2 Å². The van der Waals surface area contributed by atoms with E-state index >= 15 is 0 Å². The fourth-order valence-corrected chi connectivity index (χ4v) is 1.85. The third-order valence-electron chi connectivity index (χ3n) is 2.11. The Balaban J connectivity index is 4.14. The smallest absolute Gasteiger partial charge is 0.322 e. The van der Waals surface area contributed by atoms with Crippen LogP contribution in [0.5, 0.6) is 0 Å². The molecule has 0 rings (SSSR count). The van der Waals surface area contributed by atoms with Crippen molar-refractivity contribution >= 4 is 5.97 Å². The van der Waals surface area contributed by atoms with Gasteiger partial charge in [0.2, 0.25) is 0 Å². The normalized spacial score (nSPS) is 14.1. The third-order valence-corrected chi connectivity index (χ3v) is 2.11. The molecule has 0 aromatic heterocycles. The molecule has 1 atom stereocenters. The number of carbonyl (C=O) groups excluding carboxylic acids is 1. The number of rotatable bonds is 6. The molecule has 2 N–H and O–H groups in total. The van der Waals surface area contributed by atoms with Crippen LogP contribution in [0, 0.1) is 5.41 Å². The third kappa shape index (κ3) is 6.47. The molecule has 0 amide bonds. The Morgan fingerprint density at radius 1 is 1.47 bits per heavy atom. The molecule has 4 nitrogen and oxygen atoms in total. The van der Waals surface area contributed by atoms with Crippen molar-refractivity contribution in [1.29, 1.82) is 0 Å². The average Bonchev–Trinajstić information content (AvgIpc) is 2.00. The Morgan fingerprint density at radius 3 is 2.40 bits per heavy atom. The summed E-state index contributed by atoms with van der Waals surface area (Å²) in [7, 11) is 4.02. The van der Waals surface area contributed by atoms with Crippen molar-refractivity contribution in [2.45, 2.75) is 33.2 Å².